The lowest BCUT2D eigenvalue weighted by Crippen LogP contribution is -2.55. The Bertz CT molecular complexity index is 1300. The first-order chi connectivity index (χ1) is 20.4. The van der Waals surface area contributed by atoms with E-state index >= 15 is 0 Å². The number of urea groups is 1. The van der Waals surface area contributed by atoms with Crippen molar-refractivity contribution in [3.8, 4) is 5.75 Å². The Balaban J connectivity index is 1.69. The van der Waals surface area contributed by atoms with Crippen LogP contribution in [-0.2, 0) is 27.4 Å². The van der Waals surface area contributed by atoms with Crippen LogP contribution in [0.2, 0.25) is 0 Å². The molecule has 0 saturated heterocycles. The quantitative estimate of drug-likeness (QED) is 0.209. The summed E-state index contributed by atoms with van der Waals surface area (Å²) in [4.78, 5) is 39.7. The first kappa shape index (κ1) is 33.2. The Hall–Kier alpha value is -4.33. The summed E-state index contributed by atoms with van der Waals surface area (Å²) in [7, 11) is 0. The first-order valence-electron chi connectivity index (χ1n) is 14.8. The fraction of sp³-hybridized carbons (Fsp3) is 0.400. The zero-order valence-electron chi connectivity index (χ0n) is 26.1. The maximum absolute atomic E-state index is 13.5. The molecule has 8 heteroatoms. The molecule has 8 nitrogen and oxygen atoms in total. The molecule has 3 N–H and O–H groups in total. The summed E-state index contributed by atoms with van der Waals surface area (Å²) in [5.74, 6) is -0.181. The third kappa shape index (κ3) is 11.8. The fourth-order valence-electron chi connectivity index (χ4n) is 4.46. The molecule has 0 unspecified atom stereocenters. The third-order valence-electron chi connectivity index (χ3n) is 6.60. The van der Waals surface area contributed by atoms with Gasteiger partial charge in [0.25, 0.3) is 0 Å². The minimum atomic E-state index is -0.953. The summed E-state index contributed by atoms with van der Waals surface area (Å²) in [6, 6.07) is 24.4. The molecule has 3 amide bonds. The molecular formula is C35H45N3O5. The van der Waals surface area contributed by atoms with E-state index in [-0.39, 0.29) is 18.4 Å². The second kappa shape index (κ2) is 15.8. The predicted molar refractivity (Wildman–Crippen MR) is 168 cm³/mol. The number of benzene rings is 3. The van der Waals surface area contributed by atoms with E-state index in [2.05, 4.69) is 16.0 Å². The number of hydrogen-bond donors (Lipinski definition) is 3. The average Bonchev–Trinajstić information content (AvgIpc) is 2.96. The second-order valence-electron chi connectivity index (χ2n) is 12.1. The zero-order valence-corrected chi connectivity index (χ0v) is 26.1. The van der Waals surface area contributed by atoms with E-state index in [4.69, 9.17) is 9.47 Å². The van der Waals surface area contributed by atoms with Crippen LogP contribution in [0.25, 0.3) is 0 Å². The van der Waals surface area contributed by atoms with Gasteiger partial charge >= 0.3 is 12.0 Å². The van der Waals surface area contributed by atoms with Crippen molar-refractivity contribution in [1.29, 1.82) is 0 Å². The van der Waals surface area contributed by atoms with Gasteiger partial charge < -0.3 is 25.4 Å². The molecule has 3 aromatic rings. The lowest BCUT2D eigenvalue weighted by molar-refractivity contribution is -0.158. The molecule has 0 fully saturated rings. The summed E-state index contributed by atoms with van der Waals surface area (Å²) >= 11 is 0. The van der Waals surface area contributed by atoms with Crippen LogP contribution in [0.1, 0.15) is 70.7 Å². The van der Waals surface area contributed by atoms with Gasteiger partial charge in [-0.3, -0.25) is 4.79 Å². The van der Waals surface area contributed by atoms with E-state index in [0.29, 0.717) is 18.8 Å². The van der Waals surface area contributed by atoms with E-state index in [1.165, 1.54) is 0 Å². The number of hydrogen-bond acceptors (Lipinski definition) is 5. The lowest BCUT2D eigenvalue weighted by atomic mass is 10.0. The number of carbonyl (C=O) groups excluding carboxylic acids is 3. The smallest absolute Gasteiger partial charge is 0.329 e. The van der Waals surface area contributed by atoms with E-state index in [9.17, 15) is 14.4 Å². The van der Waals surface area contributed by atoms with Crippen LogP contribution in [-0.4, -0.2) is 35.6 Å². The number of rotatable bonds is 13. The van der Waals surface area contributed by atoms with Crippen LogP contribution < -0.4 is 20.7 Å². The highest BCUT2D eigenvalue weighted by molar-refractivity contribution is 5.90. The Morgan fingerprint density at radius 2 is 1.33 bits per heavy atom. The van der Waals surface area contributed by atoms with Gasteiger partial charge in [0.1, 0.15) is 30.0 Å². The molecule has 3 rings (SSSR count). The van der Waals surface area contributed by atoms with Gasteiger partial charge in [0.15, 0.2) is 0 Å². The Labute approximate surface area is 255 Å². The summed E-state index contributed by atoms with van der Waals surface area (Å²) in [5.41, 5.74) is 2.10. The van der Waals surface area contributed by atoms with Crippen LogP contribution in [0, 0.1) is 5.92 Å². The van der Waals surface area contributed by atoms with Crippen LogP contribution in [0.4, 0.5) is 4.79 Å². The SMILES string of the molecule is CC(C)C[C@H](NC(=O)N[C@H](C)c1ccccc1)C(=O)N[C@@H](Cc1ccc(OCc2ccccc2)cc1)C(=O)OC(C)(C)C. The minimum Gasteiger partial charge on any atom is -0.489 e. The highest BCUT2D eigenvalue weighted by Crippen LogP contribution is 2.18. The predicted octanol–water partition coefficient (Wildman–Crippen LogP) is 6.11. The molecule has 230 valence electrons. The van der Waals surface area contributed by atoms with Crippen LogP contribution >= 0.6 is 0 Å². The van der Waals surface area contributed by atoms with Crippen LogP contribution in [0.5, 0.6) is 5.75 Å². The van der Waals surface area contributed by atoms with Crippen molar-refractivity contribution in [2.75, 3.05) is 0 Å². The van der Waals surface area contributed by atoms with Crippen molar-refractivity contribution in [1.82, 2.24) is 16.0 Å². The molecule has 3 atom stereocenters. The number of ether oxygens (including phenoxy) is 2. The van der Waals surface area contributed by atoms with Gasteiger partial charge in [-0.1, -0.05) is 86.6 Å². The van der Waals surface area contributed by atoms with E-state index in [1.54, 1.807) is 20.8 Å². The summed E-state index contributed by atoms with van der Waals surface area (Å²) in [6.07, 6.45) is 0.610. The average molecular weight is 588 g/mol. The summed E-state index contributed by atoms with van der Waals surface area (Å²) < 4.78 is 11.5. The fourth-order valence-corrected chi connectivity index (χ4v) is 4.46. The molecule has 0 aliphatic carbocycles. The molecule has 0 heterocycles. The second-order valence-corrected chi connectivity index (χ2v) is 12.1. The van der Waals surface area contributed by atoms with Gasteiger partial charge in [0, 0.05) is 6.42 Å². The first-order valence-corrected chi connectivity index (χ1v) is 14.8. The molecule has 0 radical (unpaired) electrons. The van der Waals surface area contributed by atoms with Crippen molar-refractivity contribution < 1.29 is 23.9 Å². The van der Waals surface area contributed by atoms with Gasteiger partial charge in [-0.15, -0.1) is 0 Å². The maximum atomic E-state index is 13.5. The van der Waals surface area contributed by atoms with Gasteiger partial charge in [0.05, 0.1) is 6.04 Å². The highest BCUT2D eigenvalue weighted by Gasteiger charge is 2.31. The number of amides is 3. The highest BCUT2D eigenvalue weighted by atomic mass is 16.6. The molecule has 0 aliphatic heterocycles. The Morgan fingerprint density at radius 3 is 1.91 bits per heavy atom. The molecule has 43 heavy (non-hydrogen) atoms. The standard InChI is InChI=1S/C35H45N3O5/c1-24(2)21-30(38-34(41)36-25(3)28-15-11-8-12-16-28)32(39)37-31(33(40)43-35(4,5)6)22-26-17-19-29(20-18-26)42-23-27-13-9-7-10-14-27/h7-20,24-25,30-31H,21-23H2,1-6H3,(H,37,39)(H2,36,38,41)/t25-,30+,31+/m1/s1. The van der Waals surface area contributed by atoms with Crippen LogP contribution in [0.3, 0.4) is 0 Å². The molecule has 0 aliphatic rings. The van der Waals surface area contributed by atoms with Gasteiger partial charge in [-0.2, -0.15) is 0 Å². The topological polar surface area (TPSA) is 106 Å². The third-order valence-corrected chi connectivity index (χ3v) is 6.60. The summed E-state index contributed by atoms with van der Waals surface area (Å²) in [6.45, 7) is 11.6. The molecule has 0 bridgehead atoms. The van der Waals surface area contributed by atoms with Crippen molar-refractivity contribution in [2.24, 2.45) is 5.92 Å². The summed E-state index contributed by atoms with van der Waals surface area (Å²) in [5, 5.41) is 8.56. The number of esters is 1. The molecular weight excluding hydrogens is 542 g/mol. The lowest BCUT2D eigenvalue weighted by Gasteiger charge is -2.27. The maximum Gasteiger partial charge on any atom is 0.329 e. The number of carbonyl (C=O) groups is 3. The van der Waals surface area contributed by atoms with Crippen molar-refractivity contribution in [3.05, 3.63) is 102 Å². The van der Waals surface area contributed by atoms with Gasteiger partial charge in [0.2, 0.25) is 5.91 Å². The van der Waals surface area contributed by atoms with Crippen molar-refractivity contribution in [2.45, 2.75) is 84.7 Å². The minimum absolute atomic E-state index is 0.117. The van der Waals surface area contributed by atoms with Crippen molar-refractivity contribution >= 4 is 17.9 Å². The Morgan fingerprint density at radius 1 is 0.721 bits per heavy atom. The number of nitrogens with one attached hydrogen (secondary N) is 3. The molecule has 0 spiro atoms. The van der Waals surface area contributed by atoms with E-state index in [1.807, 2.05) is 106 Å². The monoisotopic (exact) mass is 587 g/mol. The normalized spacial score (nSPS) is 13.4. The molecule has 0 saturated carbocycles. The Kier molecular flexibility index (Phi) is 12.2. The van der Waals surface area contributed by atoms with Gasteiger partial charge in [-0.05, 0) is 68.9 Å². The van der Waals surface area contributed by atoms with Crippen molar-refractivity contribution in [3.63, 3.8) is 0 Å². The van der Waals surface area contributed by atoms with Gasteiger partial charge in [-0.25, -0.2) is 9.59 Å². The van der Waals surface area contributed by atoms with E-state index < -0.39 is 35.6 Å². The van der Waals surface area contributed by atoms with E-state index in [0.717, 1.165) is 16.7 Å². The molecule has 0 aromatic heterocycles. The largest absolute Gasteiger partial charge is 0.489 e. The molecule has 3 aromatic carbocycles. The van der Waals surface area contributed by atoms with Crippen LogP contribution in [0.15, 0.2) is 84.9 Å². The zero-order chi connectivity index (χ0) is 31.4.